The quantitative estimate of drug-likeness (QED) is 0.728. The summed E-state index contributed by atoms with van der Waals surface area (Å²) in [6.45, 7) is 4.26. The average Bonchev–Trinajstić information content (AvgIpc) is 2.58. The topological polar surface area (TPSA) is 73.4 Å². The second-order valence-corrected chi connectivity index (χ2v) is 6.95. The molecule has 0 spiro atoms. The van der Waals surface area contributed by atoms with Gasteiger partial charge in [-0.2, -0.15) is 13.2 Å². The zero-order chi connectivity index (χ0) is 21.8. The van der Waals surface area contributed by atoms with Crippen LogP contribution in [0.1, 0.15) is 18.2 Å². The molecule has 0 aliphatic rings. The van der Waals surface area contributed by atoms with Crippen molar-refractivity contribution in [2.24, 2.45) is 0 Å². The van der Waals surface area contributed by atoms with E-state index < -0.39 is 11.7 Å². The minimum absolute atomic E-state index is 0.0398. The maximum Gasteiger partial charge on any atom is 0.419 e. The summed E-state index contributed by atoms with van der Waals surface area (Å²) in [6, 6.07) is 5.27. The first-order valence-electron chi connectivity index (χ1n) is 8.92. The summed E-state index contributed by atoms with van der Waals surface area (Å²) in [6.07, 6.45) is -3.75. The molecule has 0 bridgehead atoms. The van der Waals surface area contributed by atoms with Gasteiger partial charge in [0.05, 0.1) is 22.6 Å². The van der Waals surface area contributed by atoms with E-state index in [0.29, 0.717) is 11.4 Å². The predicted octanol–water partition coefficient (Wildman–Crippen LogP) is 3.50. The van der Waals surface area contributed by atoms with Gasteiger partial charge in [0.25, 0.3) is 0 Å². The van der Waals surface area contributed by atoms with E-state index in [9.17, 15) is 18.0 Å². The van der Waals surface area contributed by atoms with E-state index in [0.717, 1.165) is 25.0 Å². The lowest BCUT2D eigenvalue weighted by atomic mass is 10.2. The summed E-state index contributed by atoms with van der Waals surface area (Å²) < 4.78 is 38.6. The smallest absolute Gasteiger partial charge is 0.372 e. The fourth-order valence-electron chi connectivity index (χ4n) is 2.64. The minimum Gasteiger partial charge on any atom is -0.372 e. The first kappa shape index (κ1) is 22.4. The average molecular weight is 410 g/mol. The Kier molecular flexibility index (Phi) is 7.02. The Morgan fingerprint density at radius 1 is 1.17 bits per heavy atom. The van der Waals surface area contributed by atoms with E-state index >= 15 is 0 Å². The Morgan fingerprint density at radius 3 is 2.41 bits per heavy atom. The standard InChI is InChI=1S/C19H25F3N6O/c1-12-15(19(20,21)22)11-23-18(24-12)26-14-6-7-17(16(10-14)25-13(2)29)28(5)9-8-27(3)4/h6-7,10-11H,8-9H2,1-5H3,(H,25,29)(H,23,24,26). The molecule has 0 aliphatic heterocycles. The number of rotatable bonds is 7. The lowest BCUT2D eigenvalue weighted by molar-refractivity contribution is -0.138. The fourth-order valence-corrected chi connectivity index (χ4v) is 2.64. The molecule has 158 valence electrons. The molecule has 0 saturated heterocycles. The van der Waals surface area contributed by atoms with Crippen LogP contribution >= 0.6 is 0 Å². The zero-order valence-corrected chi connectivity index (χ0v) is 17.1. The molecule has 0 radical (unpaired) electrons. The number of hydrogen-bond acceptors (Lipinski definition) is 6. The second kappa shape index (κ2) is 9.08. The molecule has 0 unspecified atom stereocenters. The van der Waals surface area contributed by atoms with Crippen molar-refractivity contribution in [1.29, 1.82) is 0 Å². The van der Waals surface area contributed by atoms with Gasteiger partial charge < -0.3 is 20.4 Å². The van der Waals surface area contributed by atoms with Crippen molar-refractivity contribution in [1.82, 2.24) is 14.9 Å². The molecule has 2 aromatic rings. The van der Waals surface area contributed by atoms with Gasteiger partial charge in [-0.3, -0.25) is 4.79 Å². The summed E-state index contributed by atoms with van der Waals surface area (Å²) in [5.74, 6) is -0.191. The number of aromatic nitrogens is 2. The first-order valence-corrected chi connectivity index (χ1v) is 8.92. The van der Waals surface area contributed by atoms with Crippen LogP contribution in [0.5, 0.6) is 0 Å². The highest BCUT2D eigenvalue weighted by Crippen LogP contribution is 2.32. The van der Waals surface area contributed by atoms with Gasteiger partial charge in [0.2, 0.25) is 11.9 Å². The Bertz CT molecular complexity index is 870. The highest BCUT2D eigenvalue weighted by Gasteiger charge is 2.33. The number of likely N-dealkylation sites (N-methyl/N-ethyl adjacent to an activating group) is 2. The predicted molar refractivity (Wildman–Crippen MR) is 108 cm³/mol. The van der Waals surface area contributed by atoms with E-state index in [1.54, 1.807) is 12.1 Å². The van der Waals surface area contributed by atoms with Gasteiger partial charge in [0.15, 0.2) is 0 Å². The lowest BCUT2D eigenvalue weighted by Gasteiger charge is -2.24. The van der Waals surface area contributed by atoms with Crippen LogP contribution in [-0.4, -0.2) is 55.0 Å². The van der Waals surface area contributed by atoms with Gasteiger partial charge in [-0.05, 0) is 39.2 Å². The van der Waals surface area contributed by atoms with Crippen molar-refractivity contribution in [3.63, 3.8) is 0 Å². The van der Waals surface area contributed by atoms with Crippen LogP contribution in [0.2, 0.25) is 0 Å². The molecular formula is C19H25F3N6O. The van der Waals surface area contributed by atoms with E-state index in [1.807, 2.05) is 32.1 Å². The van der Waals surface area contributed by atoms with Crippen molar-refractivity contribution < 1.29 is 18.0 Å². The molecule has 1 aromatic carbocycles. The Balaban J connectivity index is 2.27. The number of carbonyl (C=O) groups excluding carboxylic acids is 1. The van der Waals surface area contributed by atoms with E-state index in [1.165, 1.54) is 13.8 Å². The highest BCUT2D eigenvalue weighted by molar-refractivity contribution is 5.94. The number of hydrogen-bond donors (Lipinski definition) is 2. The number of halogens is 3. The van der Waals surface area contributed by atoms with Crippen LogP contribution < -0.4 is 15.5 Å². The Morgan fingerprint density at radius 2 is 1.86 bits per heavy atom. The number of nitrogens with zero attached hydrogens (tertiary/aromatic N) is 4. The molecular weight excluding hydrogens is 385 g/mol. The van der Waals surface area contributed by atoms with Gasteiger partial charge in [-0.15, -0.1) is 0 Å². The zero-order valence-electron chi connectivity index (χ0n) is 17.1. The number of anilines is 4. The first-order chi connectivity index (χ1) is 13.5. The maximum absolute atomic E-state index is 12.9. The van der Waals surface area contributed by atoms with E-state index in [2.05, 4.69) is 25.5 Å². The largest absolute Gasteiger partial charge is 0.419 e. The molecule has 1 amide bonds. The number of amides is 1. The number of nitrogens with one attached hydrogen (secondary N) is 2. The summed E-state index contributed by atoms with van der Waals surface area (Å²) in [5.41, 5.74) is 0.888. The van der Waals surface area contributed by atoms with Crippen LogP contribution in [0.4, 0.5) is 36.2 Å². The third-order valence-corrected chi connectivity index (χ3v) is 4.14. The van der Waals surface area contributed by atoms with Crippen LogP contribution in [0.25, 0.3) is 0 Å². The Labute approximate surface area is 167 Å². The summed E-state index contributed by atoms with van der Waals surface area (Å²) in [7, 11) is 5.86. The third kappa shape index (κ3) is 6.31. The van der Waals surface area contributed by atoms with Crippen LogP contribution in [0.3, 0.4) is 0 Å². The molecule has 2 N–H and O–H groups in total. The molecule has 0 saturated carbocycles. The van der Waals surface area contributed by atoms with Gasteiger partial charge in [-0.25, -0.2) is 9.97 Å². The molecule has 0 aliphatic carbocycles. The summed E-state index contributed by atoms with van der Waals surface area (Å²) in [4.78, 5) is 23.3. The fraction of sp³-hybridized carbons (Fsp3) is 0.421. The highest BCUT2D eigenvalue weighted by atomic mass is 19.4. The monoisotopic (exact) mass is 410 g/mol. The van der Waals surface area contributed by atoms with E-state index in [4.69, 9.17) is 0 Å². The van der Waals surface area contributed by atoms with Gasteiger partial charge in [-0.1, -0.05) is 0 Å². The molecule has 29 heavy (non-hydrogen) atoms. The molecule has 0 fully saturated rings. The third-order valence-electron chi connectivity index (χ3n) is 4.14. The number of aryl methyl sites for hydroxylation is 1. The lowest BCUT2D eigenvalue weighted by Crippen LogP contribution is -2.29. The van der Waals surface area contributed by atoms with Crippen molar-refractivity contribution in [2.45, 2.75) is 20.0 Å². The van der Waals surface area contributed by atoms with E-state index in [-0.39, 0.29) is 17.5 Å². The number of carbonyl (C=O) groups is 1. The van der Waals surface area contributed by atoms with Crippen molar-refractivity contribution in [2.75, 3.05) is 49.8 Å². The van der Waals surface area contributed by atoms with Crippen molar-refractivity contribution in [3.05, 3.63) is 35.7 Å². The van der Waals surface area contributed by atoms with Gasteiger partial charge in [0.1, 0.15) is 0 Å². The van der Waals surface area contributed by atoms with Gasteiger partial charge >= 0.3 is 6.18 Å². The normalized spacial score (nSPS) is 11.5. The van der Waals surface area contributed by atoms with Crippen LogP contribution in [0.15, 0.2) is 24.4 Å². The summed E-state index contributed by atoms with van der Waals surface area (Å²) >= 11 is 0. The van der Waals surface area contributed by atoms with Crippen LogP contribution in [-0.2, 0) is 11.0 Å². The van der Waals surface area contributed by atoms with Crippen molar-refractivity contribution in [3.8, 4) is 0 Å². The molecule has 10 heteroatoms. The molecule has 1 heterocycles. The maximum atomic E-state index is 12.9. The minimum atomic E-state index is -4.50. The number of alkyl halides is 3. The Hall–Kier alpha value is -2.88. The molecule has 7 nitrogen and oxygen atoms in total. The van der Waals surface area contributed by atoms with Crippen LogP contribution in [0, 0.1) is 6.92 Å². The number of benzene rings is 1. The summed E-state index contributed by atoms with van der Waals surface area (Å²) in [5, 5.41) is 5.67. The van der Waals surface area contributed by atoms with Gasteiger partial charge in [0, 0.05) is 38.9 Å². The van der Waals surface area contributed by atoms with Crippen molar-refractivity contribution >= 4 is 28.9 Å². The molecule has 0 atom stereocenters. The SMILES string of the molecule is CC(=O)Nc1cc(Nc2ncc(C(F)(F)F)c(C)n2)ccc1N(C)CCN(C)C. The molecule has 2 rings (SSSR count). The molecule has 1 aromatic heterocycles. The second-order valence-electron chi connectivity index (χ2n) is 6.95.